The van der Waals surface area contributed by atoms with Crippen LogP contribution < -0.4 is 14.4 Å². The first-order valence-corrected chi connectivity index (χ1v) is 7.01. The molecule has 1 N–H and O–H groups in total. The Hall–Kier alpha value is -2.76. The van der Waals surface area contributed by atoms with Gasteiger partial charge in [-0.25, -0.2) is 9.78 Å². The molecule has 0 saturated carbocycles. The van der Waals surface area contributed by atoms with E-state index in [2.05, 4.69) is 4.98 Å². The number of ether oxygens (including phenoxy) is 2. The third-order valence-electron chi connectivity index (χ3n) is 3.47. The second-order valence-corrected chi connectivity index (χ2v) is 4.89. The first kappa shape index (κ1) is 14.2. The summed E-state index contributed by atoms with van der Waals surface area (Å²) in [7, 11) is 0. The Bertz CT molecular complexity index is 702. The lowest BCUT2D eigenvalue weighted by molar-refractivity contribution is 0.0690. The van der Waals surface area contributed by atoms with E-state index in [9.17, 15) is 4.79 Å². The van der Waals surface area contributed by atoms with Crippen LogP contribution >= 0.6 is 0 Å². The fraction of sp³-hybridized carbons (Fsp3) is 0.250. The van der Waals surface area contributed by atoms with E-state index in [-0.39, 0.29) is 12.5 Å². The number of rotatable bonds is 5. The number of carboxylic acid groups (broad SMARTS) is 1. The summed E-state index contributed by atoms with van der Waals surface area (Å²) in [5, 5.41) is 9.05. The molecule has 1 aliphatic rings. The standard InChI is InChI=1S/C16H16N2O4/c1-2-18(15-5-3-4-12(17-15)16(19)20)9-11-6-7-13-14(8-11)22-10-21-13/h3-8H,2,9-10H2,1H3,(H,19,20). The third-order valence-corrected chi connectivity index (χ3v) is 3.47. The number of benzene rings is 1. The molecular weight excluding hydrogens is 284 g/mol. The van der Waals surface area contributed by atoms with Crippen LogP contribution in [0, 0.1) is 0 Å². The van der Waals surface area contributed by atoms with Crippen molar-refractivity contribution in [3.8, 4) is 11.5 Å². The molecule has 2 heterocycles. The number of carboxylic acids is 1. The molecule has 0 unspecified atom stereocenters. The fourth-order valence-electron chi connectivity index (χ4n) is 2.33. The third kappa shape index (κ3) is 2.81. The van der Waals surface area contributed by atoms with Crippen LogP contribution in [-0.2, 0) is 6.54 Å². The van der Waals surface area contributed by atoms with Gasteiger partial charge in [0.2, 0.25) is 6.79 Å². The lowest BCUT2D eigenvalue weighted by Gasteiger charge is -2.22. The smallest absolute Gasteiger partial charge is 0.354 e. The Kier molecular flexibility index (Phi) is 3.82. The lowest BCUT2D eigenvalue weighted by Crippen LogP contribution is -2.23. The minimum atomic E-state index is -1.03. The second-order valence-electron chi connectivity index (χ2n) is 4.89. The highest BCUT2D eigenvalue weighted by molar-refractivity contribution is 5.85. The van der Waals surface area contributed by atoms with Gasteiger partial charge < -0.3 is 19.5 Å². The number of carbonyl (C=O) groups is 1. The molecule has 22 heavy (non-hydrogen) atoms. The average molecular weight is 300 g/mol. The van der Waals surface area contributed by atoms with Crippen LogP contribution in [-0.4, -0.2) is 29.4 Å². The van der Waals surface area contributed by atoms with Gasteiger partial charge >= 0.3 is 5.97 Å². The molecular formula is C16H16N2O4. The van der Waals surface area contributed by atoms with Crippen LogP contribution in [0.1, 0.15) is 23.0 Å². The quantitative estimate of drug-likeness (QED) is 0.915. The van der Waals surface area contributed by atoms with E-state index in [1.165, 1.54) is 6.07 Å². The molecule has 0 saturated heterocycles. The molecule has 6 nitrogen and oxygen atoms in total. The maximum absolute atomic E-state index is 11.0. The van der Waals surface area contributed by atoms with E-state index < -0.39 is 5.97 Å². The number of aromatic nitrogens is 1. The monoisotopic (exact) mass is 300 g/mol. The molecule has 0 radical (unpaired) electrons. The molecule has 1 aliphatic heterocycles. The Morgan fingerprint density at radius 2 is 2.09 bits per heavy atom. The highest BCUT2D eigenvalue weighted by Crippen LogP contribution is 2.33. The summed E-state index contributed by atoms with van der Waals surface area (Å²) >= 11 is 0. The van der Waals surface area contributed by atoms with E-state index in [0.717, 1.165) is 17.1 Å². The van der Waals surface area contributed by atoms with Crippen LogP contribution in [0.25, 0.3) is 0 Å². The maximum Gasteiger partial charge on any atom is 0.354 e. The van der Waals surface area contributed by atoms with Gasteiger partial charge in [-0.1, -0.05) is 12.1 Å². The zero-order valence-electron chi connectivity index (χ0n) is 12.2. The molecule has 0 spiro atoms. The number of fused-ring (bicyclic) bond motifs is 1. The zero-order chi connectivity index (χ0) is 15.5. The van der Waals surface area contributed by atoms with Gasteiger partial charge in [0.15, 0.2) is 17.2 Å². The molecule has 1 aromatic heterocycles. The number of nitrogens with zero attached hydrogens (tertiary/aromatic N) is 2. The fourth-order valence-corrected chi connectivity index (χ4v) is 2.33. The zero-order valence-corrected chi connectivity index (χ0v) is 12.2. The van der Waals surface area contributed by atoms with E-state index in [1.807, 2.05) is 36.1 Å². The molecule has 3 rings (SSSR count). The molecule has 0 aliphatic carbocycles. The summed E-state index contributed by atoms with van der Waals surface area (Å²) in [6.07, 6.45) is 0. The van der Waals surface area contributed by atoms with Gasteiger partial charge in [-0.15, -0.1) is 0 Å². The van der Waals surface area contributed by atoms with Gasteiger partial charge in [-0.05, 0) is 36.8 Å². The molecule has 114 valence electrons. The number of hydrogen-bond acceptors (Lipinski definition) is 5. The topological polar surface area (TPSA) is 71.9 Å². The van der Waals surface area contributed by atoms with Crippen molar-refractivity contribution in [3.63, 3.8) is 0 Å². The Labute approximate surface area is 127 Å². The predicted molar refractivity (Wildman–Crippen MR) is 80.5 cm³/mol. The number of anilines is 1. The van der Waals surface area contributed by atoms with Crippen molar-refractivity contribution < 1.29 is 19.4 Å². The Morgan fingerprint density at radius 3 is 2.86 bits per heavy atom. The Balaban J connectivity index is 1.82. The largest absolute Gasteiger partial charge is 0.477 e. The van der Waals surface area contributed by atoms with E-state index in [0.29, 0.717) is 18.9 Å². The number of aromatic carboxylic acids is 1. The Morgan fingerprint density at radius 1 is 1.27 bits per heavy atom. The van der Waals surface area contributed by atoms with Crippen LogP contribution in [0.15, 0.2) is 36.4 Å². The SMILES string of the molecule is CCN(Cc1ccc2c(c1)OCO2)c1cccc(C(=O)O)n1. The van der Waals surface area contributed by atoms with E-state index in [1.54, 1.807) is 6.07 Å². The van der Waals surface area contributed by atoms with Crippen LogP contribution in [0.5, 0.6) is 11.5 Å². The molecule has 2 aromatic rings. The van der Waals surface area contributed by atoms with Gasteiger partial charge in [0, 0.05) is 13.1 Å². The summed E-state index contributed by atoms with van der Waals surface area (Å²) in [6, 6.07) is 10.8. The molecule has 0 amide bonds. The summed E-state index contributed by atoms with van der Waals surface area (Å²) in [4.78, 5) is 17.2. The van der Waals surface area contributed by atoms with Crippen LogP contribution in [0.4, 0.5) is 5.82 Å². The van der Waals surface area contributed by atoms with Crippen LogP contribution in [0.3, 0.4) is 0 Å². The molecule has 0 fully saturated rings. The normalized spacial score (nSPS) is 12.2. The first-order valence-electron chi connectivity index (χ1n) is 7.01. The molecule has 0 atom stereocenters. The summed E-state index contributed by atoms with van der Waals surface area (Å²) in [5.74, 6) is 1.10. The molecule has 6 heteroatoms. The van der Waals surface area contributed by atoms with Gasteiger partial charge in [0.25, 0.3) is 0 Å². The predicted octanol–water partition coefficient (Wildman–Crippen LogP) is 2.54. The minimum absolute atomic E-state index is 0.0432. The summed E-state index contributed by atoms with van der Waals surface area (Å²) in [5.41, 5.74) is 1.09. The van der Waals surface area contributed by atoms with Crippen molar-refractivity contribution in [2.24, 2.45) is 0 Å². The maximum atomic E-state index is 11.0. The van der Waals surface area contributed by atoms with E-state index in [4.69, 9.17) is 14.6 Å². The highest BCUT2D eigenvalue weighted by Gasteiger charge is 2.15. The van der Waals surface area contributed by atoms with Crippen molar-refractivity contribution in [3.05, 3.63) is 47.7 Å². The van der Waals surface area contributed by atoms with Gasteiger partial charge in [-0.3, -0.25) is 0 Å². The van der Waals surface area contributed by atoms with Gasteiger partial charge in [-0.2, -0.15) is 0 Å². The molecule has 0 bridgehead atoms. The number of pyridine rings is 1. The summed E-state index contributed by atoms with van der Waals surface area (Å²) in [6.45, 7) is 3.58. The van der Waals surface area contributed by atoms with Gasteiger partial charge in [0.1, 0.15) is 5.82 Å². The van der Waals surface area contributed by atoms with Crippen molar-refractivity contribution >= 4 is 11.8 Å². The summed E-state index contributed by atoms with van der Waals surface area (Å²) < 4.78 is 10.7. The van der Waals surface area contributed by atoms with Crippen molar-refractivity contribution in [1.82, 2.24) is 4.98 Å². The average Bonchev–Trinajstić information content (AvgIpc) is 3.00. The van der Waals surface area contributed by atoms with Crippen LogP contribution in [0.2, 0.25) is 0 Å². The van der Waals surface area contributed by atoms with Crippen molar-refractivity contribution in [2.45, 2.75) is 13.5 Å². The lowest BCUT2D eigenvalue weighted by atomic mass is 10.2. The van der Waals surface area contributed by atoms with Crippen molar-refractivity contribution in [2.75, 3.05) is 18.2 Å². The van der Waals surface area contributed by atoms with Gasteiger partial charge in [0.05, 0.1) is 0 Å². The second kappa shape index (κ2) is 5.93. The molecule has 1 aromatic carbocycles. The first-order chi connectivity index (χ1) is 10.7. The number of hydrogen-bond donors (Lipinski definition) is 1. The minimum Gasteiger partial charge on any atom is -0.477 e. The van der Waals surface area contributed by atoms with E-state index >= 15 is 0 Å². The highest BCUT2D eigenvalue weighted by atomic mass is 16.7. The van der Waals surface area contributed by atoms with Crippen molar-refractivity contribution in [1.29, 1.82) is 0 Å².